The fourth-order valence-electron chi connectivity index (χ4n) is 2.38. The molecule has 2 rings (SSSR count). The number of nitrogens with zero attached hydrogens (tertiary/aromatic N) is 2. The van der Waals surface area contributed by atoms with Crippen LogP contribution in [-0.2, 0) is 11.3 Å². The zero-order chi connectivity index (χ0) is 15.1. The lowest BCUT2D eigenvalue weighted by Crippen LogP contribution is -2.25. The van der Waals surface area contributed by atoms with E-state index in [2.05, 4.69) is 35.8 Å². The molecular weight excluding hydrogens is 302 g/mol. The van der Waals surface area contributed by atoms with Crippen molar-refractivity contribution in [2.24, 2.45) is 0 Å². The number of ether oxygens (including phenoxy) is 1. The summed E-state index contributed by atoms with van der Waals surface area (Å²) in [7, 11) is 1.74. The van der Waals surface area contributed by atoms with Crippen LogP contribution in [0.2, 0.25) is 0 Å². The number of thioether (sulfide) groups is 1. The van der Waals surface area contributed by atoms with E-state index in [9.17, 15) is 0 Å². The van der Waals surface area contributed by atoms with Gasteiger partial charge in [0.1, 0.15) is 0 Å². The smallest absolute Gasteiger partial charge is 0.185 e. The van der Waals surface area contributed by atoms with Crippen LogP contribution in [0.4, 0.5) is 5.13 Å². The van der Waals surface area contributed by atoms with Gasteiger partial charge in [-0.3, -0.25) is 0 Å². The third-order valence-corrected chi connectivity index (χ3v) is 5.70. The zero-order valence-electron chi connectivity index (χ0n) is 13.4. The molecule has 0 spiro atoms. The first kappa shape index (κ1) is 17.1. The van der Waals surface area contributed by atoms with Crippen LogP contribution < -0.4 is 10.2 Å². The molecular formula is C15H27N3OS2. The number of anilines is 1. The molecule has 0 unspecified atom stereocenters. The van der Waals surface area contributed by atoms with Gasteiger partial charge in [0.25, 0.3) is 0 Å². The molecule has 21 heavy (non-hydrogen) atoms. The fraction of sp³-hybridized carbons (Fsp3) is 0.800. The van der Waals surface area contributed by atoms with E-state index in [1.807, 2.05) is 11.3 Å². The number of hydrogen-bond donors (Lipinski definition) is 1. The van der Waals surface area contributed by atoms with Crippen molar-refractivity contribution in [1.82, 2.24) is 10.3 Å². The molecule has 1 aromatic rings. The molecule has 120 valence electrons. The Morgan fingerprint density at radius 1 is 1.33 bits per heavy atom. The molecule has 0 saturated carbocycles. The summed E-state index contributed by atoms with van der Waals surface area (Å²) in [5.74, 6) is 2.98. The van der Waals surface area contributed by atoms with Crippen LogP contribution in [0.1, 0.15) is 36.8 Å². The molecule has 0 bridgehead atoms. The summed E-state index contributed by atoms with van der Waals surface area (Å²) in [4.78, 5) is 8.79. The Hall–Kier alpha value is -0.300. The molecule has 0 aliphatic carbocycles. The van der Waals surface area contributed by atoms with Crippen molar-refractivity contribution in [2.75, 3.05) is 49.8 Å². The third-order valence-electron chi connectivity index (χ3n) is 3.52. The topological polar surface area (TPSA) is 37.4 Å². The van der Waals surface area contributed by atoms with Crippen LogP contribution in [-0.4, -0.2) is 49.8 Å². The predicted molar refractivity (Wildman–Crippen MR) is 93.9 cm³/mol. The SMILES string of the molecule is COCCNCc1sc(N2CCCSCC2)nc1C(C)C. The van der Waals surface area contributed by atoms with Gasteiger partial charge in [-0.15, -0.1) is 11.3 Å². The fourth-order valence-corrected chi connectivity index (χ4v) is 4.50. The number of rotatable bonds is 7. The van der Waals surface area contributed by atoms with E-state index < -0.39 is 0 Å². The van der Waals surface area contributed by atoms with Crippen LogP contribution in [0, 0.1) is 0 Å². The van der Waals surface area contributed by atoms with Crippen LogP contribution in [0.5, 0.6) is 0 Å². The number of hydrogen-bond acceptors (Lipinski definition) is 6. The van der Waals surface area contributed by atoms with Gasteiger partial charge in [0.2, 0.25) is 0 Å². The van der Waals surface area contributed by atoms with Gasteiger partial charge in [-0.05, 0) is 18.1 Å². The molecule has 0 amide bonds. The van der Waals surface area contributed by atoms with E-state index in [0.29, 0.717) is 5.92 Å². The Bertz CT molecular complexity index is 415. The Balaban J connectivity index is 2.04. The normalized spacial score (nSPS) is 16.5. The van der Waals surface area contributed by atoms with E-state index in [0.717, 1.165) is 32.8 Å². The quantitative estimate of drug-likeness (QED) is 0.779. The van der Waals surface area contributed by atoms with Crippen molar-refractivity contribution in [1.29, 1.82) is 0 Å². The Labute approximate surface area is 136 Å². The lowest BCUT2D eigenvalue weighted by molar-refractivity contribution is 0.199. The highest BCUT2D eigenvalue weighted by Crippen LogP contribution is 2.31. The Morgan fingerprint density at radius 3 is 2.95 bits per heavy atom. The van der Waals surface area contributed by atoms with Crippen molar-refractivity contribution in [3.05, 3.63) is 10.6 Å². The van der Waals surface area contributed by atoms with Gasteiger partial charge < -0.3 is 15.0 Å². The van der Waals surface area contributed by atoms with Crippen LogP contribution >= 0.6 is 23.1 Å². The first-order valence-corrected chi connectivity index (χ1v) is 9.71. The summed E-state index contributed by atoms with van der Waals surface area (Å²) >= 11 is 3.92. The molecule has 1 saturated heterocycles. The van der Waals surface area contributed by atoms with Crippen LogP contribution in [0.3, 0.4) is 0 Å². The Kier molecular flexibility index (Phi) is 7.29. The maximum atomic E-state index is 5.09. The summed E-state index contributed by atoms with van der Waals surface area (Å²) in [6, 6.07) is 0. The molecule has 1 aliphatic heterocycles. The molecule has 1 N–H and O–H groups in total. The molecule has 0 radical (unpaired) electrons. The maximum absolute atomic E-state index is 5.09. The Morgan fingerprint density at radius 2 is 2.19 bits per heavy atom. The van der Waals surface area contributed by atoms with Crippen LogP contribution in [0.15, 0.2) is 0 Å². The predicted octanol–water partition coefficient (Wildman–Crippen LogP) is 2.95. The average molecular weight is 330 g/mol. The molecule has 1 aliphatic rings. The molecule has 6 heteroatoms. The van der Waals surface area contributed by atoms with Crippen molar-refractivity contribution < 1.29 is 4.74 Å². The summed E-state index contributed by atoms with van der Waals surface area (Å²) in [6.45, 7) is 9.29. The van der Waals surface area contributed by atoms with E-state index >= 15 is 0 Å². The molecule has 0 aromatic carbocycles. The second kappa shape index (κ2) is 8.98. The first-order valence-electron chi connectivity index (χ1n) is 7.74. The van der Waals surface area contributed by atoms with Gasteiger partial charge in [0, 0.05) is 43.9 Å². The lowest BCUT2D eigenvalue weighted by atomic mass is 10.1. The van der Waals surface area contributed by atoms with Gasteiger partial charge in [-0.2, -0.15) is 11.8 Å². The number of nitrogens with one attached hydrogen (secondary N) is 1. The van der Waals surface area contributed by atoms with Crippen molar-refractivity contribution >= 4 is 28.2 Å². The van der Waals surface area contributed by atoms with Crippen LogP contribution in [0.25, 0.3) is 0 Å². The second-order valence-corrected chi connectivity index (χ2v) is 7.87. The minimum Gasteiger partial charge on any atom is -0.383 e. The standard InChI is InChI=1S/C15H27N3OS2/c1-12(2)14-13(11-16-5-8-19-3)21-15(17-14)18-6-4-9-20-10-7-18/h12,16H,4-11H2,1-3H3. The summed E-state index contributed by atoms with van der Waals surface area (Å²) in [6.07, 6.45) is 1.27. The highest BCUT2D eigenvalue weighted by Gasteiger charge is 2.19. The summed E-state index contributed by atoms with van der Waals surface area (Å²) < 4.78 is 5.09. The van der Waals surface area contributed by atoms with Crippen molar-refractivity contribution in [2.45, 2.75) is 32.7 Å². The average Bonchev–Trinajstić information content (AvgIpc) is 2.70. The minimum atomic E-state index is 0.482. The van der Waals surface area contributed by atoms with Crippen molar-refractivity contribution in [3.8, 4) is 0 Å². The van der Waals surface area contributed by atoms with Gasteiger partial charge in [-0.1, -0.05) is 13.8 Å². The summed E-state index contributed by atoms with van der Waals surface area (Å²) in [5, 5.41) is 4.66. The first-order chi connectivity index (χ1) is 10.2. The van der Waals surface area contributed by atoms with Gasteiger partial charge in [-0.25, -0.2) is 4.98 Å². The highest BCUT2D eigenvalue weighted by atomic mass is 32.2. The molecule has 1 aromatic heterocycles. The minimum absolute atomic E-state index is 0.482. The zero-order valence-corrected chi connectivity index (χ0v) is 15.0. The van der Waals surface area contributed by atoms with E-state index in [1.165, 1.54) is 33.6 Å². The van der Waals surface area contributed by atoms with Crippen molar-refractivity contribution in [3.63, 3.8) is 0 Å². The lowest BCUT2D eigenvalue weighted by Gasteiger charge is -2.18. The van der Waals surface area contributed by atoms with Gasteiger partial charge in [0.15, 0.2) is 5.13 Å². The van der Waals surface area contributed by atoms with E-state index in [-0.39, 0.29) is 0 Å². The second-order valence-electron chi connectivity index (χ2n) is 5.58. The molecule has 1 fully saturated rings. The van der Waals surface area contributed by atoms with Gasteiger partial charge >= 0.3 is 0 Å². The highest BCUT2D eigenvalue weighted by molar-refractivity contribution is 7.99. The molecule has 2 heterocycles. The number of methoxy groups -OCH3 is 1. The van der Waals surface area contributed by atoms with E-state index in [4.69, 9.17) is 9.72 Å². The summed E-state index contributed by atoms with van der Waals surface area (Å²) in [5.41, 5.74) is 1.26. The number of thiazole rings is 1. The largest absolute Gasteiger partial charge is 0.383 e. The number of aromatic nitrogens is 1. The third kappa shape index (κ3) is 5.13. The molecule has 4 nitrogen and oxygen atoms in total. The monoisotopic (exact) mass is 329 g/mol. The maximum Gasteiger partial charge on any atom is 0.185 e. The molecule has 0 atom stereocenters. The van der Waals surface area contributed by atoms with Gasteiger partial charge in [0.05, 0.1) is 12.3 Å². The van der Waals surface area contributed by atoms with E-state index in [1.54, 1.807) is 7.11 Å².